The molecule has 15 heteroatoms. The largest absolute Gasteiger partial charge is 0.481 e. The van der Waals surface area contributed by atoms with Gasteiger partial charge in [0.25, 0.3) is 0 Å². The maximum atomic E-state index is 12.5. The molecule has 0 rings (SSSR count). The van der Waals surface area contributed by atoms with Crippen LogP contribution in [0.15, 0.2) is 0 Å². The SMILES string of the molecule is CSCCC(N)C(=O)NC(CC(N)=O)C(=O)NC(CC(=O)O)C(=O)NC(CO)C(=O)O. The molecular formula is C16H27N5O9S. The average Bonchev–Trinajstić information content (AvgIpc) is 2.67. The van der Waals surface area contributed by atoms with Crippen LogP contribution in [-0.4, -0.2) is 93.7 Å². The molecule has 10 N–H and O–H groups in total. The van der Waals surface area contributed by atoms with Gasteiger partial charge in [-0.15, -0.1) is 0 Å². The number of thioether (sulfide) groups is 1. The number of hydrogen-bond acceptors (Lipinski definition) is 9. The number of primary amides is 1. The molecule has 0 aliphatic heterocycles. The number of carbonyl (C=O) groups is 6. The highest BCUT2D eigenvalue weighted by Crippen LogP contribution is 2.02. The van der Waals surface area contributed by atoms with E-state index in [1.54, 1.807) is 6.26 Å². The van der Waals surface area contributed by atoms with Crippen molar-refractivity contribution in [3.63, 3.8) is 0 Å². The van der Waals surface area contributed by atoms with Crippen LogP contribution in [0.25, 0.3) is 0 Å². The number of nitrogens with one attached hydrogen (secondary N) is 3. The molecule has 0 aromatic carbocycles. The molecule has 0 aliphatic carbocycles. The van der Waals surface area contributed by atoms with E-state index >= 15 is 0 Å². The molecule has 0 bridgehead atoms. The van der Waals surface area contributed by atoms with Crippen LogP contribution >= 0.6 is 11.8 Å². The third-order valence-electron chi connectivity index (χ3n) is 3.82. The Labute approximate surface area is 181 Å². The Hall–Kier alpha value is -2.91. The van der Waals surface area contributed by atoms with Crippen molar-refractivity contribution in [1.82, 2.24) is 16.0 Å². The average molecular weight is 465 g/mol. The van der Waals surface area contributed by atoms with Gasteiger partial charge in [-0.3, -0.25) is 24.0 Å². The second-order valence-electron chi connectivity index (χ2n) is 6.36. The Morgan fingerprint density at radius 3 is 1.77 bits per heavy atom. The van der Waals surface area contributed by atoms with Gasteiger partial charge in [0.05, 0.1) is 25.5 Å². The van der Waals surface area contributed by atoms with Crippen LogP contribution in [0.3, 0.4) is 0 Å². The van der Waals surface area contributed by atoms with Gasteiger partial charge in [0.1, 0.15) is 18.1 Å². The highest BCUT2D eigenvalue weighted by Gasteiger charge is 2.32. The van der Waals surface area contributed by atoms with E-state index in [4.69, 9.17) is 26.8 Å². The number of nitrogens with two attached hydrogens (primary N) is 2. The first-order valence-corrected chi connectivity index (χ1v) is 10.3. The summed E-state index contributed by atoms with van der Waals surface area (Å²) in [5.74, 6) is -6.60. The van der Waals surface area contributed by atoms with E-state index in [0.717, 1.165) is 0 Å². The van der Waals surface area contributed by atoms with Crippen LogP contribution < -0.4 is 27.4 Å². The zero-order valence-electron chi connectivity index (χ0n) is 16.7. The molecule has 4 atom stereocenters. The van der Waals surface area contributed by atoms with Gasteiger partial charge >= 0.3 is 11.9 Å². The summed E-state index contributed by atoms with van der Waals surface area (Å²) >= 11 is 1.44. The summed E-state index contributed by atoms with van der Waals surface area (Å²) < 4.78 is 0. The molecule has 4 amide bonds. The van der Waals surface area contributed by atoms with Crippen molar-refractivity contribution >= 4 is 47.3 Å². The molecule has 0 aliphatic rings. The summed E-state index contributed by atoms with van der Waals surface area (Å²) in [4.78, 5) is 70.2. The van der Waals surface area contributed by atoms with Gasteiger partial charge in [-0.2, -0.15) is 11.8 Å². The Kier molecular flexibility index (Phi) is 12.8. The van der Waals surface area contributed by atoms with Crippen LogP contribution in [0.1, 0.15) is 19.3 Å². The molecule has 4 unspecified atom stereocenters. The fourth-order valence-electron chi connectivity index (χ4n) is 2.18. The maximum absolute atomic E-state index is 12.5. The van der Waals surface area contributed by atoms with Crippen LogP contribution in [0, 0.1) is 0 Å². The molecular weight excluding hydrogens is 438 g/mol. The first-order chi connectivity index (χ1) is 14.4. The van der Waals surface area contributed by atoms with Crippen molar-refractivity contribution in [3.8, 4) is 0 Å². The van der Waals surface area contributed by atoms with E-state index in [0.29, 0.717) is 5.75 Å². The number of hydrogen-bond donors (Lipinski definition) is 8. The first kappa shape index (κ1) is 28.1. The lowest BCUT2D eigenvalue weighted by Crippen LogP contribution is -2.58. The summed E-state index contributed by atoms with van der Waals surface area (Å²) in [5.41, 5.74) is 10.8. The molecule has 0 aromatic heterocycles. The van der Waals surface area contributed by atoms with E-state index in [1.807, 2.05) is 10.6 Å². The minimum absolute atomic E-state index is 0.277. The standard InChI is InChI=1S/C16H27N5O9S/c1-31-3-2-7(17)13(26)19-8(4-11(18)23)14(27)20-9(5-12(24)25)15(28)21-10(6-22)16(29)30/h7-10,22H,2-6,17H2,1H3,(H2,18,23)(H,19,26)(H,20,27)(H,21,28)(H,24,25)(H,29,30). The number of aliphatic carboxylic acids is 2. The molecule has 0 saturated heterocycles. The quantitative estimate of drug-likeness (QED) is 0.115. The van der Waals surface area contributed by atoms with Crippen molar-refractivity contribution in [2.75, 3.05) is 18.6 Å². The molecule has 0 spiro atoms. The van der Waals surface area contributed by atoms with Crippen LogP contribution in [0.2, 0.25) is 0 Å². The van der Waals surface area contributed by atoms with Gasteiger partial charge in [-0.25, -0.2) is 4.79 Å². The van der Waals surface area contributed by atoms with Gasteiger partial charge < -0.3 is 42.7 Å². The van der Waals surface area contributed by atoms with Crippen molar-refractivity contribution in [1.29, 1.82) is 0 Å². The van der Waals surface area contributed by atoms with Crippen molar-refractivity contribution in [3.05, 3.63) is 0 Å². The Bertz CT molecular complexity index is 690. The Balaban J connectivity index is 5.41. The number of carboxylic acid groups (broad SMARTS) is 2. The number of amides is 4. The van der Waals surface area contributed by atoms with Crippen LogP contribution in [0.5, 0.6) is 0 Å². The van der Waals surface area contributed by atoms with E-state index in [-0.39, 0.29) is 6.42 Å². The van der Waals surface area contributed by atoms with E-state index in [1.165, 1.54) is 11.8 Å². The van der Waals surface area contributed by atoms with E-state index < -0.39 is 79.2 Å². The number of aliphatic hydroxyl groups excluding tert-OH is 1. The first-order valence-electron chi connectivity index (χ1n) is 8.92. The summed E-state index contributed by atoms with van der Waals surface area (Å²) in [5, 5.41) is 33.0. The number of carboxylic acids is 2. The maximum Gasteiger partial charge on any atom is 0.328 e. The van der Waals surface area contributed by atoms with Gasteiger partial charge in [0, 0.05) is 0 Å². The van der Waals surface area contributed by atoms with Gasteiger partial charge in [-0.05, 0) is 18.4 Å². The highest BCUT2D eigenvalue weighted by molar-refractivity contribution is 7.98. The zero-order valence-corrected chi connectivity index (χ0v) is 17.5. The fraction of sp³-hybridized carbons (Fsp3) is 0.625. The molecule has 14 nitrogen and oxygen atoms in total. The molecule has 0 saturated carbocycles. The molecule has 0 radical (unpaired) electrons. The number of carbonyl (C=O) groups excluding carboxylic acids is 4. The lowest BCUT2D eigenvalue weighted by molar-refractivity contribution is -0.144. The van der Waals surface area contributed by atoms with Gasteiger partial charge in [0.2, 0.25) is 23.6 Å². The molecule has 0 fully saturated rings. The van der Waals surface area contributed by atoms with Crippen molar-refractivity contribution in [2.24, 2.45) is 11.5 Å². The normalized spacial score (nSPS) is 14.4. The molecule has 0 heterocycles. The summed E-state index contributed by atoms with van der Waals surface area (Å²) in [6, 6.07) is -6.05. The Morgan fingerprint density at radius 1 is 0.871 bits per heavy atom. The van der Waals surface area contributed by atoms with E-state index in [9.17, 15) is 28.8 Å². The van der Waals surface area contributed by atoms with E-state index in [2.05, 4.69) is 5.32 Å². The minimum atomic E-state index is -1.77. The molecule has 0 aromatic rings. The smallest absolute Gasteiger partial charge is 0.328 e. The van der Waals surface area contributed by atoms with Gasteiger partial charge in [-0.1, -0.05) is 0 Å². The van der Waals surface area contributed by atoms with Crippen LogP contribution in [0.4, 0.5) is 0 Å². The van der Waals surface area contributed by atoms with Crippen LogP contribution in [-0.2, 0) is 28.8 Å². The third kappa shape index (κ3) is 11.2. The van der Waals surface area contributed by atoms with Gasteiger partial charge in [0.15, 0.2) is 0 Å². The second kappa shape index (κ2) is 14.2. The second-order valence-corrected chi connectivity index (χ2v) is 7.35. The monoisotopic (exact) mass is 465 g/mol. The van der Waals surface area contributed by atoms with Crippen molar-refractivity contribution < 1.29 is 44.1 Å². The summed E-state index contributed by atoms with van der Waals surface area (Å²) in [6.07, 6.45) is 0.468. The summed E-state index contributed by atoms with van der Waals surface area (Å²) in [6.45, 7) is -0.983. The number of aliphatic hydroxyl groups is 1. The highest BCUT2D eigenvalue weighted by atomic mass is 32.2. The minimum Gasteiger partial charge on any atom is -0.481 e. The lowest BCUT2D eigenvalue weighted by atomic mass is 10.1. The molecule has 176 valence electrons. The lowest BCUT2D eigenvalue weighted by Gasteiger charge is -2.23. The zero-order chi connectivity index (χ0) is 24.1. The van der Waals surface area contributed by atoms with Crippen molar-refractivity contribution in [2.45, 2.75) is 43.4 Å². The topological polar surface area (TPSA) is 251 Å². The molecule has 31 heavy (non-hydrogen) atoms. The Morgan fingerprint density at radius 2 is 1.35 bits per heavy atom. The number of rotatable bonds is 15. The fourth-order valence-corrected chi connectivity index (χ4v) is 2.67. The predicted molar refractivity (Wildman–Crippen MR) is 108 cm³/mol. The predicted octanol–water partition coefficient (Wildman–Crippen LogP) is -4.05. The summed E-state index contributed by atoms with van der Waals surface area (Å²) in [7, 11) is 0. The third-order valence-corrected chi connectivity index (χ3v) is 4.46.